The van der Waals surface area contributed by atoms with Crippen LogP contribution in [0.1, 0.15) is 48.9 Å². The quantitative estimate of drug-likeness (QED) is 0.889. The highest BCUT2D eigenvalue weighted by molar-refractivity contribution is 5.92. The van der Waals surface area contributed by atoms with E-state index >= 15 is 0 Å². The van der Waals surface area contributed by atoms with E-state index in [1.54, 1.807) is 0 Å². The van der Waals surface area contributed by atoms with Crippen LogP contribution in [-0.2, 0) is 11.8 Å². The Labute approximate surface area is 138 Å². The van der Waals surface area contributed by atoms with E-state index in [4.69, 9.17) is 0 Å². The second kappa shape index (κ2) is 5.55. The van der Waals surface area contributed by atoms with Gasteiger partial charge >= 0.3 is 0 Å². The molecule has 0 spiro atoms. The first kappa shape index (κ1) is 15.9. The summed E-state index contributed by atoms with van der Waals surface area (Å²) in [6.07, 6.45) is 2.03. The number of hydrogen-bond donors (Lipinski definition) is 1. The summed E-state index contributed by atoms with van der Waals surface area (Å²) in [5, 5.41) is 0. The van der Waals surface area contributed by atoms with Gasteiger partial charge in [-0.2, -0.15) is 0 Å². The molecule has 1 aliphatic carbocycles. The lowest BCUT2D eigenvalue weighted by atomic mass is 9.87. The van der Waals surface area contributed by atoms with Gasteiger partial charge in [-0.15, -0.1) is 0 Å². The molecule has 1 N–H and O–H groups in total. The zero-order valence-electron chi connectivity index (χ0n) is 14.5. The van der Waals surface area contributed by atoms with Gasteiger partial charge in [0, 0.05) is 24.7 Å². The average Bonchev–Trinajstić information content (AvgIpc) is 2.91. The minimum Gasteiger partial charge on any atom is -0.354 e. The van der Waals surface area contributed by atoms with Crippen molar-refractivity contribution in [3.05, 3.63) is 59.4 Å². The van der Waals surface area contributed by atoms with Crippen LogP contribution in [0, 0.1) is 5.41 Å². The SMILES string of the molecule is CCc1ccc(C(=O)N(C)CC2(c3ccccc3)CC2(C)C)[nH]1. The Morgan fingerprint density at radius 1 is 1.17 bits per heavy atom. The Morgan fingerprint density at radius 2 is 1.83 bits per heavy atom. The molecule has 1 aliphatic rings. The number of aryl methyl sites for hydroxylation is 1. The maximum absolute atomic E-state index is 12.7. The second-order valence-electron chi connectivity index (χ2n) is 7.42. The number of likely N-dealkylation sites (N-methyl/N-ethyl adjacent to an activating group) is 1. The Hall–Kier alpha value is -2.03. The molecule has 0 saturated heterocycles. The molecule has 1 saturated carbocycles. The number of aromatic amines is 1. The summed E-state index contributed by atoms with van der Waals surface area (Å²) in [7, 11) is 1.91. The fourth-order valence-electron chi connectivity index (χ4n) is 3.77. The molecule has 1 aromatic carbocycles. The predicted molar refractivity (Wildman–Crippen MR) is 93.6 cm³/mol. The van der Waals surface area contributed by atoms with Crippen molar-refractivity contribution in [1.82, 2.24) is 9.88 Å². The second-order valence-corrected chi connectivity index (χ2v) is 7.42. The average molecular weight is 310 g/mol. The molecule has 1 unspecified atom stereocenters. The highest BCUT2D eigenvalue weighted by atomic mass is 16.2. The van der Waals surface area contributed by atoms with Gasteiger partial charge in [0.25, 0.3) is 5.91 Å². The minimum absolute atomic E-state index is 0.0683. The number of rotatable bonds is 5. The molecular weight excluding hydrogens is 284 g/mol. The van der Waals surface area contributed by atoms with Gasteiger partial charge in [0.1, 0.15) is 5.69 Å². The standard InChI is InChI=1S/C20H26N2O/c1-5-16-11-12-17(21-16)18(23)22(4)14-20(13-19(20,2)3)15-9-7-6-8-10-15/h6-12,21H,5,13-14H2,1-4H3. The van der Waals surface area contributed by atoms with Crippen molar-refractivity contribution in [2.45, 2.75) is 39.0 Å². The normalized spacial score (nSPS) is 21.9. The largest absolute Gasteiger partial charge is 0.354 e. The van der Waals surface area contributed by atoms with Crippen LogP contribution in [0.5, 0.6) is 0 Å². The summed E-state index contributed by atoms with van der Waals surface area (Å²) in [5.41, 5.74) is 3.43. The van der Waals surface area contributed by atoms with Crippen molar-refractivity contribution in [1.29, 1.82) is 0 Å². The van der Waals surface area contributed by atoms with Crippen molar-refractivity contribution >= 4 is 5.91 Å². The van der Waals surface area contributed by atoms with Gasteiger partial charge in [-0.1, -0.05) is 51.1 Å². The zero-order chi connectivity index (χ0) is 16.7. The van der Waals surface area contributed by atoms with Gasteiger partial charge < -0.3 is 9.88 Å². The van der Waals surface area contributed by atoms with E-state index in [0.717, 1.165) is 25.1 Å². The Bertz CT molecular complexity index is 701. The highest BCUT2D eigenvalue weighted by Crippen LogP contribution is 2.64. The molecule has 2 aromatic rings. The van der Waals surface area contributed by atoms with Crippen LogP contribution in [0.4, 0.5) is 0 Å². The number of aromatic nitrogens is 1. The van der Waals surface area contributed by atoms with Crippen molar-refractivity contribution in [2.75, 3.05) is 13.6 Å². The first-order valence-electron chi connectivity index (χ1n) is 8.38. The topological polar surface area (TPSA) is 36.1 Å². The van der Waals surface area contributed by atoms with E-state index in [-0.39, 0.29) is 16.7 Å². The number of hydrogen-bond acceptors (Lipinski definition) is 1. The lowest BCUT2D eigenvalue weighted by Crippen LogP contribution is -2.36. The van der Waals surface area contributed by atoms with Crippen LogP contribution in [-0.4, -0.2) is 29.4 Å². The molecule has 0 radical (unpaired) electrons. The molecule has 1 amide bonds. The van der Waals surface area contributed by atoms with Crippen molar-refractivity contribution in [2.24, 2.45) is 5.41 Å². The summed E-state index contributed by atoms with van der Waals surface area (Å²) in [5.74, 6) is 0.0720. The lowest BCUT2D eigenvalue weighted by molar-refractivity contribution is 0.0770. The van der Waals surface area contributed by atoms with Gasteiger partial charge in [-0.05, 0) is 36.0 Å². The summed E-state index contributed by atoms with van der Waals surface area (Å²) < 4.78 is 0. The number of carbonyl (C=O) groups excluding carboxylic acids is 1. The molecule has 1 fully saturated rings. The van der Waals surface area contributed by atoms with E-state index in [1.165, 1.54) is 5.56 Å². The van der Waals surface area contributed by atoms with E-state index in [9.17, 15) is 4.79 Å². The van der Waals surface area contributed by atoms with Crippen LogP contribution in [0.25, 0.3) is 0 Å². The molecule has 1 aromatic heterocycles. The van der Waals surface area contributed by atoms with Gasteiger partial charge in [0.2, 0.25) is 0 Å². The Kier molecular flexibility index (Phi) is 3.83. The molecule has 122 valence electrons. The smallest absolute Gasteiger partial charge is 0.270 e. The highest BCUT2D eigenvalue weighted by Gasteiger charge is 2.62. The first-order valence-corrected chi connectivity index (χ1v) is 8.38. The molecule has 23 heavy (non-hydrogen) atoms. The van der Waals surface area contributed by atoms with Crippen LogP contribution >= 0.6 is 0 Å². The first-order chi connectivity index (χ1) is 10.9. The van der Waals surface area contributed by atoms with Crippen LogP contribution in [0.2, 0.25) is 0 Å². The van der Waals surface area contributed by atoms with Crippen molar-refractivity contribution < 1.29 is 4.79 Å². The molecule has 3 rings (SSSR count). The number of nitrogens with one attached hydrogen (secondary N) is 1. The summed E-state index contributed by atoms with van der Waals surface area (Å²) in [6, 6.07) is 14.5. The molecular formula is C20H26N2O. The number of benzene rings is 1. The number of nitrogens with zero attached hydrogens (tertiary/aromatic N) is 1. The number of carbonyl (C=O) groups is 1. The summed E-state index contributed by atoms with van der Waals surface area (Å²) in [4.78, 5) is 17.8. The van der Waals surface area contributed by atoms with Gasteiger partial charge in [-0.3, -0.25) is 4.79 Å². The van der Waals surface area contributed by atoms with Crippen LogP contribution in [0.3, 0.4) is 0 Å². The molecule has 0 bridgehead atoms. The fourth-order valence-corrected chi connectivity index (χ4v) is 3.77. The summed E-state index contributed by atoms with van der Waals surface area (Å²) >= 11 is 0. The molecule has 1 atom stereocenters. The Balaban J connectivity index is 1.80. The third kappa shape index (κ3) is 2.69. The molecule has 3 heteroatoms. The van der Waals surface area contributed by atoms with Crippen LogP contribution in [0.15, 0.2) is 42.5 Å². The Morgan fingerprint density at radius 3 is 2.35 bits per heavy atom. The summed E-state index contributed by atoms with van der Waals surface area (Å²) in [6.45, 7) is 7.43. The third-order valence-electron chi connectivity index (χ3n) is 5.45. The minimum atomic E-state index is 0.0683. The van der Waals surface area contributed by atoms with E-state index in [0.29, 0.717) is 5.69 Å². The van der Waals surface area contributed by atoms with E-state index < -0.39 is 0 Å². The van der Waals surface area contributed by atoms with Crippen molar-refractivity contribution in [3.8, 4) is 0 Å². The van der Waals surface area contributed by atoms with E-state index in [1.807, 2.05) is 30.1 Å². The number of amides is 1. The number of H-pyrrole nitrogens is 1. The third-order valence-corrected chi connectivity index (χ3v) is 5.45. The maximum atomic E-state index is 12.7. The predicted octanol–water partition coefficient (Wildman–Crippen LogP) is 4.02. The van der Waals surface area contributed by atoms with Gasteiger partial charge in [0.05, 0.1) is 0 Å². The fraction of sp³-hybridized carbons (Fsp3) is 0.450. The maximum Gasteiger partial charge on any atom is 0.270 e. The van der Waals surface area contributed by atoms with Crippen LogP contribution < -0.4 is 0 Å². The molecule has 1 heterocycles. The van der Waals surface area contributed by atoms with Crippen molar-refractivity contribution in [3.63, 3.8) is 0 Å². The van der Waals surface area contributed by atoms with E-state index in [2.05, 4.69) is 50.0 Å². The monoisotopic (exact) mass is 310 g/mol. The molecule has 3 nitrogen and oxygen atoms in total. The zero-order valence-corrected chi connectivity index (χ0v) is 14.5. The van der Waals surface area contributed by atoms with Gasteiger partial charge in [-0.25, -0.2) is 0 Å². The lowest BCUT2D eigenvalue weighted by Gasteiger charge is -2.27. The van der Waals surface area contributed by atoms with Gasteiger partial charge in [0.15, 0.2) is 0 Å². The molecule has 0 aliphatic heterocycles.